The van der Waals surface area contributed by atoms with Gasteiger partial charge in [-0.1, -0.05) is 24.5 Å². The summed E-state index contributed by atoms with van der Waals surface area (Å²) in [4.78, 5) is 40.5. The normalized spacial score (nSPS) is 27.1. The first-order chi connectivity index (χ1) is 20.4. The fraction of sp³-hybridized carbons (Fsp3) is 0.476. The number of nitrogens with one attached hydrogen (secondary N) is 1. The van der Waals surface area contributed by atoms with E-state index < -0.39 is 56.5 Å². The van der Waals surface area contributed by atoms with Crippen LogP contribution in [0.1, 0.15) is 31.7 Å². The lowest BCUT2D eigenvalue weighted by atomic mass is 10.2. The number of nitrogen functional groups attached to an aromatic ring is 2. The van der Waals surface area contributed by atoms with Crippen molar-refractivity contribution in [2.75, 3.05) is 24.7 Å². The van der Waals surface area contributed by atoms with Gasteiger partial charge < -0.3 is 30.4 Å². The van der Waals surface area contributed by atoms with E-state index in [1.54, 1.807) is 21.4 Å². The number of H-pyrrole nitrogens is 1. The third kappa shape index (κ3) is 6.63. The Morgan fingerprint density at radius 3 is 2.67 bits per heavy atom. The molecule has 6 heterocycles. The predicted octanol–water partition coefficient (Wildman–Crippen LogP) is 2.18. The van der Waals surface area contributed by atoms with E-state index in [1.807, 2.05) is 0 Å². The van der Waals surface area contributed by atoms with E-state index in [4.69, 9.17) is 34.5 Å². The Morgan fingerprint density at radius 2 is 1.88 bits per heavy atom. The van der Waals surface area contributed by atoms with E-state index in [0.29, 0.717) is 23.9 Å². The number of fused-ring (bicyclic) bond motifs is 2. The number of hydrogen-bond acceptors (Lipinski definition) is 14. The minimum absolute atomic E-state index is 0.0503. The number of aromatic amines is 1. The molecule has 0 spiro atoms. The van der Waals surface area contributed by atoms with Gasteiger partial charge in [0.2, 0.25) is 5.95 Å². The number of aromatic nitrogens is 7. The maximum Gasteiger partial charge on any atom is 0.386 e. The molecule has 0 aliphatic carbocycles. The van der Waals surface area contributed by atoms with Gasteiger partial charge in [-0.25, -0.2) is 24.1 Å². The molecule has 3 unspecified atom stereocenters. The predicted molar refractivity (Wildman–Crippen MR) is 158 cm³/mol. The largest absolute Gasteiger partial charge is 0.386 e. The molecular formula is C21H27N9O9P2S2. The highest BCUT2D eigenvalue weighted by Gasteiger charge is 2.43. The zero-order valence-electron chi connectivity index (χ0n) is 22.1. The molecule has 4 aromatic heterocycles. The SMILES string of the molecule is Nc1nc2c(ncn2[C@H]2CC[C@@H](COP(=O)(S)O[C@H]3C[C@H](n4ccc5c(N)ncnc54)OC3COP(=O)(O)S)O2)c(=O)[nH]1. The number of ether oxygens (including phenoxy) is 2. The molecule has 0 saturated carbocycles. The van der Waals surface area contributed by atoms with Gasteiger partial charge in [-0.2, -0.15) is 4.98 Å². The fourth-order valence-electron chi connectivity index (χ4n) is 5.07. The minimum atomic E-state index is -4.15. The van der Waals surface area contributed by atoms with E-state index in [-0.39, 0.29) is 36.0 Å². The third-order valence-corrected chi connectivity index (χ3v) is 9.45. The molecule has 2 saturated heterocycles. The minimum Gasteiger partial charge on any atom is -0.383 e. The second kappa shape index (κ2) is 11.8. The maximum atomic E-state index is 13.3. The molecule has 18 nitrogen and oxygen atoms in total. The Morgan fingerprint density at radius 1 is 1.07 bits per heavy atom. The lowest BCUT2D eigenvalue weighted by Gasteiger charge is -2.23. The molecule has 0 radical (unpaired) electrons. The number of nitrogens with zero attached hydrogens (tertiary/aromatic N) is 6. The van der Waals surface area contributed by atoms with Crippen LogP contribution < -0.4 is 17.0 Å². The molecule has 232 valence electrons. The third-order valence-electron chi connectivity index (χ3n) is 6.98. The number of nitrogens with two attached hydrogens (primary N) is 2. The summed E-state index contributed by atoms with van der Waals surface area (Å²) in [7, 11) is 0. The molecule has 0 amide bonds. The zero-order chi connectivity index (χ0) is 30.5. The average molecular weight is 676 g/mol. The fourth-order valence-corrected chi connectivity index (χ4v) is 7.16. The van der Waals surface area contributed by atoms with Crippen LogP contribution in [0.25, 0.3) is 22.2 Å². The highest BCUT2D eigenvalue weighted by Crippen LogP contribution is 2.57. The summed E-state index contributed by atoms with van der Waals surface area (Å²) >= 11 is 7.69. The molecule has 2 fully saturated rings. The number of hydrogen-bond donors (Lipinski definition) is 6. The van der Waals surface area contributed by atoms with Gasteiger partial charge >= 0.3 is 13.6 Å². The number of anilines is 2. The zero-order valence-corrected chi connectivity index (χ0v) is 25.6. The summed E-state index contributed by atoms with van der Waals surface area (Å²) < 4.78 is 56.7. The van der Waals surface area contributed by atoms with Crippen LogP contribution in [-0.4, -0.2) is 70.5 Å². The Balaban J connectivity index is 1.11. The van der Waals surface area contributed by atoms with Crippen LogP contribution in [0.2, 0.25) is 0 Å². The van der Waals surface area contributed by atoms with Crippen LogP contribution in [0.5, 0.6) is 0 Å². The topological polar surface area (TPSA) is 247 Å². The maximum absolute atomic E-state index is 13.3. The van der Waals surface area contributed by atoms with Crippen molar-refractivity contribution in [2.24, 2.45) is 0 Å². The van der Waals surface area contributed by atoms with Crippen molar-refractivity contribution in [3.8, 4) is 0 Å². The summed E-state index contributed by atoms with van der Waals surface area (Å²) in [6.07, 6.45) is 2.11. The Labute approximate surface area is 252 Å². The van der Waals surface area contributed by atoms with Crippen LogP contribution in [0, 0.1) is 0 Å². The Kier molecular flexibility index (Phi) is 8.36. The van der Waals surface area contributed by atoms with Crippen LogP contribution in [0.4, 0.5) is 11.8 Å². The molecule has 6 N–H and O–H groups in total. The van der Waals surface area contributed by atoms with Gasteiger partial charge in [0.05, 0.1) is 31.0 Å². The molecular weight excluding hydrogens is 648 g/mol. The number of thiol groups is 2. The lowest BCUT2D eigenvalue weighted by Crippen LogP contribution is -2.28. The van der Waals surface area contributed by atoms with Crippen molar-refractivity contribution in [3.63, 3.8) is 0 Å². The van der Waals surface area contributed by atoms with Crippen molar-refractivity contribution in [2.45, 2.75) is 50.0 Å². The molecule has 0 aromatic carbocycles. The van der Waals surface area contributed by atoms with Crippen molar-refractivity contribution in [3.05, 3.63) is 35.3 Å². The van der Waals surface area contributed by atoms with Gasteiger partial charge in [-0.05, 0) is 18.9 Å². The van der Waals surface area contributed by atoms with Crippen LogP contribution in [0.15, 0.2) is 29.7 Å². The first-order valence-corrected chi connectivity index (χ1v) is 18.3. The van der Waals surface area contributed by atoms with Gasteiger partial charge in [0.25, 0.3) is 5.56 Å². The van der Waals surface area contributed by atoms with Crippen LogP contribution in [-0.2, 0) is 32.2 Å². The second-order valence-corrected chi connectivity index (χ2v) is 15.5. The lowest BCUT2D eigenvalue weighted by molar-refractivity contribution is -0.0388. The van der Waals surface area contributed by atoms with Crippen molar-refractivity contribution >= 4 is 72.1 Å². The van der Waals surface area contributed by atoms with Gasteiger partial charge in [0.15, 0.2) is 11.2 Å². The smallest absolute Gasteiger partial charge is 0.383 e. The van der Waals surface area contributed by atoms with Crippen LogP contribution >= 0.6 is 38.1 Å². The monoisotopic (exact) mass is 675 g/mol. The quantitative estimate of drug-likeness (QED) is 0.104. The molecule has 6 rings (SSSR count). The van der Waals surface area contributed by atoms with Gasteiger partial charge in [-0.3, -0.25) is 27.9 Å². The van der Waals surface area contributed by atoms with Gasteiger partial charge in [0.1, 0.15) is 42.5 Å². The summed E-state index contributed by atoms with van der Waals surface area (Å²) in [5.41, 5.74) is 12.0. The second-order valence-electron chi connectivity index (χ2n) is 9.84. The number of imidazole rings is 1. The summed E-state index contributed by atoms with van der Waals surface area (Å²) in [5.74, 6) is 0.233. The summed E-state index contributed by atoms with van der Waals surface area (Å²) in [6, 6.07) is 1.72. The molecule has 22 heteroatoms. The first-order valence-electron chi connectivity index (χ1n) is 12.8. The standard InChI is InChI=1S/C21H27N9O9P2S2/c22-17-11-3-4-29(18(11)25-8-24-17)15-5-12(13(38-15)7-35-40(32,33)42)39-41(34,43)36-6-10-1-2-14(37-10)30-9-26-16-19(30)27-21(23)28-20(16)31/h3-4,8-10,12-15H,1-2,5-7H2,(H,34,43)(H2,22,24,25)(H2,32,33,42)(H3,23,27,28,31)/t10-,12-,13?,14+,15+,41?/m0/s1. The molecule has 7 atom stereocenters. The highest BCUT2D eigenvalue weighted by molar-refractivity contribution is 8.44. The summed E-state index contributed by atoms with van der Waals surface area (Å²) in [6.45, 7) is -8.68. The van der Waals surface area contributed by atoms with Crippen molar-refractivity contribution in [1.82, 2.24) is 34.1 Å². The average Bonchev–Trinajstić information content (AvgIpc) is 3.71. The molecule has 43 heavy (non-hydrogen) atoms. The Hall–Kier alpha value is -2.51. The molecule has 4 aromatic rings. The van der Waals surface area contributed by atoms with E-state index >= 15 is 0 Å². The van der Waals surface area contributed by atoms with Crippen molar-refractivity contribution < 1.29 is 37.1 Å². The van der Waals surface area contributed by atoms with E-state index in [1.165, 1.54) is 12.7 Å². The van der Waals surface area contributed by atoms with Gasteiger partial charge in [-0.15, -0.1) is 0 Å². The Bertz CT molecular complexity index is 1810. The summed E-state index contributed by atoms with van der Waals surface area (Å²) in [5, 5.41) is 0.603. The van der Waals surface area contributed by atoms with E-state index in [9.17, 15) is 18.8 Å². The van der Waals surface area contributed by atoms with E-state index in [0.717, 1.165) is 0 Å². The number of rotatable bonds is 10. The van der Waals surface area contributed by atoms with Gasteiger partial charge in [0, 0.05) is 12.6 Å². The first kappa shape index (κ1) is 30.5. The molecule has 2 aliphatic heterocycles. The van der Waals surface area contributed by atoms with E-state index in [2.05, 4.69) is 49.4 Å². The highest BCUT2D eigenvalue weighted by atomic mass is 32.7. The molecule has 0 bridgehead atoms. The van der Waals surface area contributed by atoms with Crippen molar-refractivity contribution in [1.29, 1.82) is 0 Å². The van der Waals surface area contributed by atoms with Crippen LogP contribution in [0.3, 0.4) is 0 Å². The molecule has 2 aliphatic rings.